The Kier molecular flexibility index (Phi) is 4.43. The van der Waals surface area contributed by atoms with Gasteiger partial charge in [-0.15, -0.1) is 11.6 Å². The zero-order valence-electron chi connectivity index (χ0n) is 12.4. The number of rotatable bonds is 3. The van der Waals surface area contributed by atoms with Gasteiger partial charge in [-0.3, -0.25) is 4.79 Å². The zero-order valence-corrected chi connectivity index (χ0v) is 13.2. The van der Waals surface area contributed by atoms with Crippen LogP contribution >= 0.6 is 11.6 Å². The normalized spacial score (nSPS) is 19.9. The first kappa shape index (κ1) is 15.0. The van der Waals surface area contributed by atoms with E-state index < -0.39 is 5.38 Å². The lowest BCUT2D eigenvalue weighted by Gasteiger charge is -2.31. The van der Waals surface area contributed by atoms with Crippen molar-refractivity contribution in [1.29, 1.82) is 0 Å². The number of carbonyl (C=O) groups is 1. The van der Waals surface area contributed by atoms with Crippen molar-refractivity contribution in [2.75, 3.05) is 13.1 Å². The molecule has 0 N–H and O–H groups in total. The molecule has 116 valence electrons. The maximum Gasteiger partial charge on any atom is 0.240 e. The standard InChI is InChI=1S/C16H18ClN3O2/c1-11(17)16(21)20-9-5-8-13(10-20)15-18-14(19-22-15)12-6-3-2-4-7-12/h2-4,6-7,11,13H,5,8-10H2,1H3/t11-,13-/m0/s1. The van der Waals surface area contributed by atoms with Crippen molar-refractivity contribution in [3.63, 3.8) is 0 Å². The summed E-state index contributed by atoms with van der Waals surface area (Å²) in [6, 6.07) is 9.71. The Morgan fingerprint density at radius 1 is 1.41 bits per heavy atom. The average molecular weight is 320 g/mol. The van der Waals surface area contributed by atoms with Crippen LogP contribution in [-0.4, -0.2) is 39.4 Å². The number of nitrogens with zero attached hydrogens (tertiary/aromatic N) is 3. The van der Waals surface area contributed by atoms with Crippen LogP contribution in [0.1, 0.15) is 31.6 Å². The molecule has 5 nitrogen and oxygen atoms in total. The molecule has 1 fully saturated rings. The summed E-state index contributed by atoms with van der Waals surface area (Å²) >= 11 is 5.90. The number of amides is 1. The second-order valence-corrected chi connectivity index (χ2v) is 6.22. The lowest BCUT2D eigenvalue weighted by atomic mass is 9.97. The molecular formula is C16H18ClN3O2. The number of halogens is 1. The SMILES string of the molecule is C[C@H](Cl)C(=O)N1CCC[C@H](c2nc(-c3ccccc3)no2)C1. The van der Waals surface area contributed by atoms with Crippen molar-refractivity contribution in [2.24, 2.45) is 0 Å². The molecule has 0 spiro atoms. The van der Waals surface area contributed by atoms with Crippen LogP contribution in [0.25, 0.3) is 11.4 Å². The summed E-state index contributed by atoms with van der Waals surface area (Å²) in [5.74, 6) is 1.23. The fourth-order valence-electron chi connectivity index (χ4n) is 2.74. The van der Waals surface area contributed by atoms with Crippen LogP contribution in [0.2, 0.25) is 0 Å². The summed E-state index contributed by atoms with van der Waals surface area (Å²) in [6.07, 6.45) is 1.86. The molecular weight excluding hydrogens is 302 g/mol. The number of alkyl halides is 1. The Hall–Kier alpha value is -1.88. The predicted octanol–water partition coefficient (Wildman–Crippen LogP) is 3.07. The monoisotopic (exact) mass is 319 g/mol. The van der Waals surface area contributed by atoms with E-state index in [1.807, 2.05) is 30.3 Å². The molecule has 0 unspecified atom stereocenters. The van der Waals surface area contributed by atoms with E-state index in [1.54, 1.807) is 11.8 Å². The Bertz CT molecular complexity index is 642. The average Bonchev–Trinajstić information content (AvgIpc) is 3.05. The fraction of sp³-hybridized carbons (Fsp3) is 0.438. The molecule has 2 heterocycles. The number of hydrogen-bond acceptors (Lipinski definition) is 4. The molecule has 1 aromatic heterocycles. The van der Waals surface area contributed by atoms with Crippen LogP contribution in [0.3, 0.4) is 0 Å². The van der Waals surface area contributed by atoms with Crippen molar-refractivity contribution in [1.82, 2.24) is 15.0 Å². The number of benzene rings is 1. The van der Waals surface area contributed by atoms with Gasteiger partial charge in [0.15, 0.2) is 0 Å². The van der Waals surface area contributed by atoms with Gasteiger partial charge < -0.3 is 9.42 Å². The van der Waals surface area contributed by atoms with Crippen LogP contribution < -0.4 is 0 Å². The molecule has 3 rings (SSSR count). The Morgan fingerprint density at radius 3 is 2.91 bits per heavy atom. The smallest absolute Gasteiger partial charge is 0.240 e. The number of likely N-dealkylation sites (tertiary alicyclic amines) is 1. The highest BCUT2D eigenvalue weighted by atomic mass is 35.5. The summed E-state index contributed by atoms with van der Waals surface area (Å²) in [6.45, 7) is 3.03. The van der Waals surface area contributed by atoms with Crippen molar-refractivity contribution in [2.45, 2.75) is 31.1 Å². The molecule has 1 aliphatic heterocycles. The van der Waals surface area contributed by atoms with Crippen molar-refractivity contribution in [3.05, 3.63) is 36.2 Å². The minimum atomic E-state index is -0.499. The van der Waals surface area contributed by atoms with Gasteiger partial charge in [-0.05, 0) is 19.8 Å². The topological polar surface area (TPSA) is 59.2 Å². The van der Waals surface area contributed by atoms with E-state index >= 15 is 0 Å². The first-order valence-electron chi connectivity index (χ1n) is 7.47. The predicted molar refractivity (Wildman–Crippen MR) is 83.6 cm³/mol. The minimum Gasteiger partial charge on any atom is -0.341 e. The van der Waals surface area contributed by atoms with Gasteiger partial charge in [-0.2, -0.15) is 4.98 Å². The van der Waals surface area contributed by atoms with E-state index in [-0.39, 0.29) is 11.8 Å². The Morgan fingerprint density at radius 2 is 2.18 bits per heavy atom. The summed E-state index contributed by atoms with van der Waals surface area (Å²) in [7, 11) is 0. The summed E-state index contributed by atoms with van der Waals surface area (Å²) < 4.78 is 5.42. The Balaban J connectivity index is 1.74. The zero-order chi connectivity index (χ0) is 15.5. The highest BCUT2D eigenvalue weighted by molar-refractivity contribution is 6.30. The van der Waals surface area contributed by atoms with E-state index in [4.69, 9.17) is 16.1 Å². The largest absolute Gasteiger partial charge is 0.341 e. The lowest BCUT2D eigenvalue weighted by Crippen LogP contribution is -2.42. The van der Waals surface area contributed by atoms with Crippen molar-refractivity contribution in [3.8, 4) is 11.4 Å². The van der Waals surface area contributed by atoms with Gasteiger partial charge in [0.1, 0.15) is 5.38 Å². The van der Waals surface area contributed by atoms with Crippen LogP contribution in [0, 0.1) is 0 Å². The molecule has 2 atom stereocenters. The maximum absolute atomic E-state index is 12.0. The molecule has 1 aromatic carbocycles. The van der Waals surface area contributed by atoms with Gasteiger partial charge in [-0.1, -0.05) is 35.5 Å². The highest BCUT2D eigenvalue weighted by Gasteiger charge is 2.30. The van der Waals surface area contributed by atoms with Gasteiger partial charge in [0.25, 0.3) is 0 Å². The third-order valence-electron chi connectivity index (χ3n) is 3.90. The fourth-order valence-corrected chi connectivity index (χ4v) is 2.87. The number of hydrogen-bond donors (Lipinski definition) is 0. The molecule has 1 aliphatic rings. The first-order valence-corrected chi connectivity index (χ1v) is 7.90. The summed E-state index contributed by atoms with van der Waals surface area (Å²) in [5, 5.41) is 3.55. The third kappa shape index (κ3) is 3.14. The van der Waals surface area contributed by atoms with Crippen LogP contribution in [0.5, 0.6) is 0 Å². The second kappa shape index (κ2) is 6.48. The maximum atomic E-state index is 12.0. The van der Waals surface area contributed by atoms with E-state index in [1.165, 1.54) is 0 Å². The van der Waals surface area contributed by atoms with E-state index in [2.05, 4.69) is 10.1 Å². The molecule has 0 bridgehead atoms. The molecule has 0 aliphatic carbocycles. The van der Waals surface area contributed by atoms with Gasteiger partial charge in [0.2, 0.25) is 17.6 Å². The number of carbonyl (C=O) groups excluding carboxylic acids is 1. The van der Waals surface area contributed by atoms with Gasteiger partial charge in [0.05, 0.1) is 5.92 Å². The number of aromatic nitrogens is 2. The van der Waals surface area contributed by atoms with Gasteiger partial charge in [-0.25, -0.2) is 0 Å². The Labute approximate surface area is 134 Å². The number of piperidine rings is 1. The third-order valence-corrected chi connectivity index (χ3v) is 4.08. The highest BCUT2D eigenvalue weighted by Crippen LogP contribution is 2.28. The van der Waals surface area contributed by atoms with Crippen LogP contribution in [-0.2, 0) is 4.79 Å². The van der Waals surface area contributed by atoms with Gasteiger partial charge in [0, 0.05) is 18.7 Å². The van der Waals surface area contributed by atoms with Crippen LogP contribution in [0.15, 0.2) is 34.9 Å². The molecule has 0 radical (unpaired) electrons. The minimum absolute atomic E-state index is 0.0332. The van der Waals surface area contributed by atoms with Crippen LogP contribution in [0.4, 0.5) is 0 Å². The molecule has 6 heteroatoms. The summed E-state index contributed by atoms with van der Waals surface area (Å²) in [5.41, 5.74) is 0.927. The van der Waals surface area contributed by atoms with E-state index in [0.29, 0.717) is 18.3 Å². The first-order chi connectivity index (χ1) is 10.6. The van der Waals surface area contributed by atoms with Crippen molar-refractivity contribution < 1.29 is 9.32 Å². The van der Waals surface area contributed by atoms with Gasteiger partial charge >= 0.3 is 0 Å². The molecule has 1 saturated heterocycles. The molecule has 2 aromatic rings. The molecule has 1 amide bonds. The second-order valence-electron chi connectivity index (χ2n) is 5.56. The van der Waals surface area contributed by atoms with E-state index in [9.17, 15) is 4.79 Å². The van der Waals surface area contributed by atoms with Crippen molar-refractivity contribution >= 4 is 17.5 Å². The quantitative estimate of drug-likeness (QED) is 0.816. The summed E-state index contributed by atoms with van der Waals surface area (Å²) in [4.78, 5) is 18.3. The van der Waals surface area contributed by atoms with E-state index in [0.717, 1.165) is 24.9 Å². The molecule has 0 saturated carbocycles. The molecule has 22 heavy (non-hydrogen) atoms. The lowest BCUT2D eigenvalue weighted by molar-refractivity contribution is -0.131.